The van der Waals surface area contributed by atoms with Crippen molar-refractivity contribution >= 4 is 17.5 Å². The fourth-order valence-corrected chi connectivity index (χ4v) is 2.76. The van der Waals surface area contributed by atoms with Crippen molar-refractivity contribution in [1.29, 1.82) is 0 Å². The van der Waals surface area contributed by atoms with Crippen molar-refractivity contribution in [2.45, 2.75) is 12.1 Å². The first-order valence-electron chi connectivity index (χ1n) is 7.55. The molecule has 5 nitrogen and oxygen atoms in total. The lowest BCUT2D eigenvalue weighted by Gasteiger charge is -2.38. The number of carbonyl (C=O) groups is 2. The smallest absolute Gasteiger partial charge is 0.256 e. The van der Waals surface area contributed by atoms with E-state index in [2.05, 4.69) is 5.32 Å². The summed E-state index contributed by atoms with van der Waals surface area (Å²) in [5.41, 5.74) is 1.14. The molecular weight excluding hydrogens is 311 g/mol. The van der Waals surface area contributed by atoms with Crippen LogP contribution in [0.25, 0.3) is 0 Å². The zero-order valence-corrected chi connectivity index (χ0v) is 13.1. The Morgan fingerprint density at radius 3 is 2.67 bits per heavy atom. The highest BCUT2D eigenvalue weighted by molar-refractivity contribution is 5.96. The number of hydrogen-bond acceptors (Lipinski definition) is 3. The average Bonchev–Trinajstić information content (AvgIpc) is 2.58. The Labute approximate surface area is 139 Å². The summed E-state index contributed by atoms with van der Waals surface area (Å²) in [7, 11) is 1.59. The number of benzene rings is 2. The van der Waals surface area contributed by atoms with Gasteiger partial charge in [0.15, 0.2) is 6.10 Å². The van der Waals surface area contributed by atoms with Crippen LogP contribution in [0.15, 0.2) is 54.6 Å². The largest absolute Gasteiger partial charge is 0.356 e. The first-order valence-corrected chi connectivity index (χ1v) is 7.55. The molecule has 0 bridgehead atoms. The van der Waals surface area contributed by atoms with Gasteiger partial charge >= 0.3 is 0 Å². The van der Waals surface area contributed by atoms with E-state index in [0.717, 1.165) is 0 Å². The van der Waals surface area contributed by atoms with E-state index in [9.17, 15) is 14.0 Å². The molecule has 2 aromatic rings. The topological polar surface area (TPSA) is 58.6 Å². The SMILES string of the molecule is CN1C(=O)CO[C@@H](C(=O)Nc2ccccc2)[C@H]1c1cccc(F)c1. The average molecular weight is 328 g/mol. The number of nitrogens with one attached hydrogen (secondary N) is 1. The van der Waals surface area contributed by atoms with Crippen molar-refractivity contribution in [2.75, 3.05) is 19.0 Å². The molecule has 2 amide bonds. The maximum absolute atomic E-state index is 13.6. The van der Waals surface area contributed by atoms with Gasteiger partial charge in [-0.15, -0.1) is 0 Å². The minimum Gasteiger partial charge on any atom is -0.356 e. The Kier molecular flexibility index (Phi) is 4.57. The number of hydrogen-bond donors (Lipinski definition) is 1. The predicted molar refractivity (Wildman–Crippen MR) is 86.7 cm³/mol. The molecule has 1 saturated heterocycles. The Morgan fingerprint density at radius 1 is 1.21 bits per heavy atom. The molecule has 1 fully saturated rings. The summed E-state index contributed by atoms with van der Waals surface area (Å²) in [6, 6.07) is 14.1. The summed E-state index contributed by atoms with van der Waals surface area (Å²) in [5.74, 6) is -1.07. The van der Waals surface area contributed by atoms with E-state index in [1.807, 2.05) is 6.07 Å². The van der Waals surface area contributed by atoms with Crippen molar-refractivity contribution in [1.82, 2.24) is 4.90 Å². The molecule has 6 heteroatoms. The van der Waals surface area contributed by atoms with E-state index in [1.165, 1.54) is 17.0 Å². The van der Waals surface area contributed by atoms with Gasteiger partial charge in [-0.1, -0.05) is 30.3 Å². The second-order valence-corrected chi connectivity index (χ2v) is 5.59. The summed E-state index contributed by atoms with van der Waals surface area (Å²) in [6.07, 6.45) is -0.922. The summed E-state index contributed by atoms with van der Waals surface area (Å²) < 4.78 is 19.1. The lowest BCUT2D eigenvalue weighted by atomic mass is 9.97. The Bertz CT molecular complexity index is 751. The molecule has 2 atom stereocenters. The monoisotopic (exact) mass is 328 g/mol. The molecule has 1 heterocycles. The van der Waals surface area contributed by atoms with E-state index in [4.69, 9.17) is 4.74 Å². The number of carbonyl (C=O) groups excluding carboxylic acids is 2. The van der Waals surface area contributed by atoms with Crippen LogP contribution < -0.4 is 5.32 Å². The van der Waals surface area contributed by atoms with Crippen molar-refractivity contribution in [3.8, 4) is 0 Å². The molecule has 1 aliphatic heterocycles. The van der Waals surface area contributed by atoms with E-state index in [-0.39, 0.29) is 18.4 Å². The van der Waals surface area contributed by atoms with Crippen molar-refractivity contribution < 1.29 is 18.7 Å². The van der Waals surface area contributed by atoms with E-state index >= 15 is 0 Å². The van der Waals surface area contributed by atoms with Crippen LogP contribution in [-0.4, -0.2) is 36.5 Å². The highest BCUT2D eigenvalue weighted by Crippen LogP contribution is 2.30. The summed E-state index contributed by atoms with van der Waals surface area (Å²) in [4.78, 5) is 26.0. The number of anilines is 1. The predicted octanol–water partition coefficient (Wildman–Crippen LogP) is 2.36. The molecule has 1 N–H and O–H groups in total. The zero-order valence-electron chi connectivity index (χ0n) is 13.1. The fourth-order valence-electron chi connectivity index (χ4n) is 2.76. The minimum absolute atomic E-state index is 0.185. The van der Waals surface area contributed by atoms with Gasteiger partial charge in [0, 0.05) is 12.7 Å². The van der Waals surface area contributed by atoms with E-state index in [0.29, 0.717) is 11.3 Å². The van der Waals surface area contributed by atoms with Crippen LogP contribution in [0.2, 0.25) is 0 Å². The lowest BCUT2D eigenvalue weighted by molar-refractivity contribution is -0.160. The van der Waals surface area contributed by atoms with Crippen molar-refractivity contribution in [2.24, 2.45) is 0 Å². The number of morpholine rings is 1. The van der Waals surface area contributed by atoms with Gasteiger partial charge in [-0.2, -0.15) is 0 Å². The second-order valence-electron chi connectivity index (χ2n) is 5.59. The van der Waals surface area contributed by atoms with Crippen LogP contribution in [0, 0.1) is 5.82 Å². The third-order valence-electron chi connectivity index (χ3n) is 3.97. The normalized spacial score (nSPS) is 20.8. The molecule has 24 heavy (non-hydrogen) atoms. The maximum Gasteiger partial charge on any atom is 0.256 e. The van der Waals surface area contributed by atoms with E-state index < -0.39 is 18.0 Å². The molecule has 124 valence electrons. The van der Waals surface area contributed by atoms with Crippen LogP contribution in [0.3, 0.4) is 0 Å². The van der Waals surface area contributed by atoms with Crippen LogP contribution in [0.5, 0.6) is 0 Å². The maximum atomic E-state index is 13.6. The van der Waals surface area contributed by atoms with Gasteiger partial charge in [0.05, 0.1) is 6.04 Å². The number of ether oxygens (including phenoxy) is 1. The van der Waals surface area contributed by atoms with Crippen LogP contribution >= 0.6 is 0 Å². The van der Waals surface area contributed by atoms with Crippen molar-refractivity contribution in [3.63, 3.8) is 0 Å². The van der Waals surface area contributed by atoms with Crippen molar-refractivity contribution in [3.05, 3.63) is 66.0 Å². The Hall–Kier alpha value is -2.73. The minimum atomic E-state index is -0.922. The molecule has 0 aromatic heterocycles. The fraction of sp³-hybridized carbons (Fsp3) is 0.222. The number of halogens is 1. The quantitative estimate of drug-likeness (QED) is 0.941. The van der Waals surface area contributed by atoms with Crippen LogP contribution in [0.4, 0.5) is 10.1 Å². The first kappa shape index (κ1) is 16.1. The highest BCUT2D eigenvalue weighted by atomic mass is 19.1. The summed E-state index contributed by atoms with van der Waals surface area (Å²) in [6.45, 7) is -0.185. The Balaban J connectivity index is 1.89. The zero-order chi connectivity index (χ0) is 17.1. The standard InChI is InChI=1S/C18H17FN2O3/c1-21-15(22)11-24-17(16(21)12-6-5-7-13(19)10-12)18(23)20-14-8-3-2-4-9-14/h2-10,16-17H,11H2,1H3,(H,20,23)/t16-,17-/m1/s1. The van der Waals surface area contributed by atoms with Gasteiger partial charge in [0.1, 0.15) is 12.4 Å². The molecule has 0 aliphatic carbocycles. The number of amides is 2. The number of nitrogens with zero attached hydrogens (tertiary/aromatic N) is 1. The third-order valence-corrected chi connectivity index (χ3v) is 3.97. The number of rotatable bonds is 3. The van der Waals surface area contributed by atoms with Gasteiger partial charge in [0.2, 0.25) is 5.91 Å². The molecule has 0 saturated carbocycles. The third kappa shape index (κ3) is 3.28. The number of para-hydroxylation sites is 1. The molecule has 0 radical (unpaired) electrons. The second kappa shape index (κ2) is 6.80. The van der Waals surface area contributed by atoms with Crippen LogP contribution in [0.1, 0.15) is 11.6 Å². The van der Waals surface area contributed by atoms with Gasteiger partial charge < -0.3 is 15.0 Å². The molecular formula is C18H17FN2O3. The molecule has 2 aromatic carbocycles. The van der Waals surface area contributed by atoms with Gasteiger partial charge in [-0.25, -0.2) is 4.39 Å². The van der Waals surface area contributed by atoms with Crippen LogP contribution in [-0.2, 0) is 14.3 Å². The molecule has 1 aliphatic rings. The highest BCUT2D eigenvalue weighted by Gasteiger charge is 2.40. The lowest BCUT2D eigenvalue weighted by Crippen LogP contribution is -2.51. The van der Waals surface area contributed by atoms with Gasteiger partial charge in [-0.05, 0) is 29.8 Å². The van der Waals surface area contributed by atoms with Gasteiger partial charge in [0.25, 0.3) is 5.91 Å². The molecule has 0 unspecified atom stereocenters. The van der Waals surface area contributed by atoms with Gasteiger partial charge in [-0.3, -0.25) is 9.59 Å². The Morgan fingerprint density at radius 2 is 1.96 bits per heavy atom. The number of likely N-dealkylation sites (N-methyl/N-ethyl adjacent to an activating group) is 1. The summed E-state index contributed by atoms with van der Waals surface area (Å²) >= 11 is 0. The first-order chi connectivity index (χ1) is 11.6. The molecule has 3 rings (SSSR count). The van der Waals surface area contributed by atoms with E-state index in [1.54, 1.807) is 43.4 Å². The summed E-state index contributed by atoms with van der Waals surface area (Å²) in [5, 5.41) is 2.77. The molecule has 0 spiro atoms.